The van der Waals surface area contributed by atoms with Crippen molar-refractivity contribution >= 4 is 27.8 Å². The third kappa shape index (κ3) is 1.01. The first-order chi connectivity index (χ1) is 7.58. The lowest BCUT2D eigenvalue weighted by Gasteiger charge is -1.90. The van der Waals surface area contributed by atoms with Gasteiger partial charge >= 0.3 is 0 Å². The van der Waals surface area contributed by atoms with Gasteiger partial charge in [-0.2, -0.15) is 0 Å². The van der Waals surface area contributed by atoms with Gasteiger partial charge in [0.15, 0.2) is 5.82 Å². The molecule has 0 fully saturated rings. The van der Waals surface area contributed by atoms with Crippen LogP contribution in [0.15, 0.2) is 21.0 Å². The normalized spacial score (nSPS) is 11.7. The molecule has 3 rings (SSSR count). The van der Waals surface area contributed by atoms with Crippen LogP contribution in [-0.2, 0) is 0 Å². The Kier molecular flexibility index (Phi) is 1.61. The van der Waals surface area contributed by atoms with Crippen LogP contribution in [-0.4, -0.2) is 0 Å². The van der Waals surface area contributed by atoms with Crippen molar-refractivity contribution in [1.29, 1.82) is 0 Å². The third-order valence-corrected chi connectivity index (χ3v) is 2.95. The molecule has 1 aromatic carbocycles. The van der Waals surface area contributed by atoms with E-state index in [0.29, 0.717) is 16.6 Å². The van der Waals surface area contributed by atoms with E-state index in [0.717, 1.165) is 16.7 Å². The molecule has 2 heterocycles. The van der Waals surface area contributed by atoms with Crippen LogP contribution in [0, 0.1) is 19.7 Å². The van der Waals surface area contributed by atoms with Gasteiger partial charge in [-0.1, -0.05) is 0 Å². The van der Waals surface area contributed by atoms with Gasteiger partial charge in [-0.3, -0.25) is 0 Å². The topological polar surface area (TPSA) is 52.3 Å². The zero-order chi connectivity index (χ0) is 11.4. The van der Waals surface area contributed by atoms with Gasteiger partial charge < -0.3 is 14.6 Å². The second-order valence-electron chi connectivity index (χ2n) is 3.91. The number of fused-ring (bicyclic) bond motifs is 2. The Labute approximate surface area is 90.6 Å². The summed E-state index contributed by atoms with van der Waals surface area (Å²) in [7, 11) is 0. The molecule has 3 nitrogen and oxygen atoms in total. The van der Waals surface area contributed by atoms with Crippen molar-refractivity contribution in [2.45, 2.75) is 13.8 Å². The van der Waals surface area contributed by atoms with E-state index in [-0.39, 0.29) is 5.88 Å². The summed E-state index contributed by atoms with van der Waals surface area (Å²) in [5.74, 6) is 0.122. The number of rotatable bonds is 0. The number of hydrogen-bond donors (Lipinski definition) is 1. The van der Waals surface area contributed by atoms with E-state index in [1.165, 1.54) is 0 Å². The molecule has 82 valence electrons. The minimum absolute atomic E-state index is 0.183. The van der Waals surface area contributed by atoms with Gasteiger partial charge in [-0.15, -0.1) is 0 Å². The molecule has 0 spiro atoms. The Morgan fingerprint density at radius 1 is 1.06 bits per heavy atom. The van der Waals surface area contributed by atoms with Gasteiger partial charge in [0.2, 0.25) is 5.88 Å². The largest absolute Gasteiger partial charge is 0.461 e. The third-order valence-electron chi connectivity index (χ3n) is 2.95. The predicted octanol–water partition coefficient (Wildman–Crippen LogP) is 3.52. The standard InChI is InChI=1S/C12H10FNO2/c1-5-6(2)15-9-4-8-10(3-7(5)9)16-12(14)11(8)13/h3-4H,14H2,1-2H3. The summed E-state index contributed by atoms with van der Waals surface area (Å²) in [4.78, 5) is 0. The summed E-state index contributed by atoms with van der Waals surface area (Å²) in [6.45, 7) is 3.83. The van der Waals surface area contributed by atoms with Gasteiger partial charge in [0.1, 0.15) is 16.9 Å². The van der Waals surface area contributed by atoms with E-state index < -0.39 is 5.82 Å². The number of aryl methyl sites for hydroxylation is 2. The number of nitrogen functional groups attached to an aromatic ring is 1. The van der Waals surface area contributed by atoms with Crippen LogP contribution in [0.4, 0.5) is 10.3 Å². The lowest BCUT2D eigenvalue weighted by atomic mass is 10.1. The zero-order valence-electron chi connectivity index (χ0n) is 8.93. The average Bonchev–Trinajstić information content (AvgIpc) is 2.67. The Morgan fingerprint density at radius 3 is 2.44 bits per heavy atom. The average molecular weight is 219 g/mol. The molecular formula is C12H10FNO2. The first-order valence-corrected chi connectivity index (χ1v) is 4.95. The summed E-state index contributed by atoms with van der Waals surface area (Å²) in [5, 5.41) is 1.29. The molecule has 0 atom stereocenters. The molecule has 0 amide bonds. The van der Waals surface area contributed by atoms with Crippen LogP contribution in [0.1, 0.15) is 11.3 Å². The van der Waals surface area contributed by atoms with E-state index in [9.17, 15) is 4.39 Å². The number of benzene rings is 1. The predicted molar refractivity (Wildman–Crippen MR) is 59.8 cm³/mol. The van der Waals surface area contributed by atoms with Crippen LogP contribution in [0.5, 0.6) is 0 Å². The number of nitrogens with two attached hydrogens (primary N) is 1. The highest BCUT2D eigenvalue weighted by atomic mass is 19.1. The number of furan rings is 2. The molecule has 3 aromatic rings. The summed E-state index contributed by atoms with van der Waals surface area (Å²) in [6.07, 6.45) is 0. The van der Waals surface area contributed by atoms with Crippen LogP contribution >= 0.6 is 0 Å². The van der Waals surface area contributed by atoms with E-state index in [2.05, 4.69) is 0 Å². The molecule has 0 aliphatic carbocycles. The fourth-order valence-electron chi connectivity index (χ4n) is 1.92. The molecule has 0 saturated heterocycles. The SMILES string of the molecule is Cc1oc2cc3c(F)c(N)oc3cc2c1C. The van der Waals surface area contributed by atoms with E-state index in [1.54, 1.807) is 12.1 Å². The van der Waals surface area contributed by atoms with Crippen molar-refractivity contribution in [3.63, 3.8) is 0 Å². The van der Waals surface area contributed by atoms with Crippen LogP contribution < -0.4 is 5.73 Å². The minimum atomic E-state index is -0.524. The minimum Gasteiger partial charge on any atom is -0.461 e. The van der Waals surface area contributed by atoms with Crippen LogP contribution in [0.25, 0.3) is 21.9 Å². The van der Waals surface area contributed by atoms with Crippen molar-refractivity contribution in [2.75, 3.05) is 5.73 Å². The molecular weight excluding hydrogens is 209 g/mol. The highest BCUT2D eigenvalue weighted by Gasteiger charge is 2.15. The second kappa shape index (κ2) is 2.78. The quantitative estimate of drug-likeness (QED) is 0.629. The summed E-state index contributed by atoms with van der Waals surface area (Å²) in [6, 6.07) is 3.38. The molecule has 16 heavy (non-hydrogen) atoms. The number of anilines is 1. The van der Waals surface area contributed by atoms with Gasteiger partial charge in [-0.25, -0.2) is 4.39 Å². The molecule has 2 aromatic heterocycles. The Morgan fingerprint density at radius 2 is 1.69 bits per heavy atom. The molecule has 4 heteroatoms. The lowest BCUT2D eigenvalue weighted by Crippen LogP contribution is -1.82. The van der Waals surface area contributed by atoms with E-state index >= 15 is 0 Å². The first-order valence-electron chi connectivity index (χ1n) is 4.95. The summed E-state index contributed by atoms with van der Waals surface area (Å²) >= 11 is 0. The fourth-order valence-corrected chi connectivity index (χ4v) is 1.92. The summed E-state index contributed by atoms with van der Waals surface area (Å²) < 4.78 is 24.2. The van der Waals surface area contributed by atoms with Crippen molar-refractivity contribution in [2.24, 2.45) is 0 Å². The molecule has 2 N–H and O–H groups in total. The maximum absolute atomic E-state index is 13.5. The second-order valence-corrected chi connectivity index (χ2v) is 3.91. The smallest absolute Gasteiger partial charge is 0.227 e. The van der Waals surface area contributed by atoms with Gasteiger partial charge in [0.25, 0.3) is 0 Å². The Balaban J connectivity index is 2.52. The highest BCUT2D eigenvalue weighted by molar-refractivity contribution is 5.96. The Bertz CT molecular complexity index is 647. The molecule has 0 bridgehead atoms. The fraction of sp³-hybridized carbons (Fsp3) is 0.167. The van der Waals surface area contributed by atoms with Crippen molar-refractivity contribution in [3.05, 3.63) is 29.3 Å². The molecule has 0 saturated carbocycles. The summed E-state index contributed by atoms with van der Waals surface area (Å²) in [5.41, 5.74) is 7.52. The Hall–Kier alpha value is -1.97. The first kappa shape index (κ1) is 9.27. The maximum Gasteiger partial charge on any atom is 0.227 e. The maximum atomic E-state index is 13.5. The zero-order valence-corrected chi connectivity index (χ0v) is 8.93. The van der Waals surface area contributed by atoms with E-state index in [4.69, 9.17) is 14.6 Å². The van der Waals surface area contributed by atoms with Crippen LogP contribution in [0.3, 0.4) is 0 Å². The van der Waals surface area contributed by atoms with Gasteiger partial charge in [-0.05, 0) is 31.5 Å². The molecule has 0 aliphatic heterocycles. The number of hydrogen-bond acceptors (Lipinski definition) is 3. The van der Waals surface area contributed by atoms with E-state index in [1.807, 2.05) is 13.8 Å². The monoisotopic (exact) mass is 219 g/mol. The molecule has 0 aliphatic rings. The molecule has 0 unspecified atom stereocenters. The highest BCUT2D eigenvalue weighted by Crippen LogP contribution is 2.33. The van der Waals surface area contributed by atoms with Gasteiger partial charge in [0.05, 0.1) is 5.39 Å². The van der Waals surface area contributed by atoms with Crippen molar-refractivity contribution in [3.8, 4) is 0 Å². The van der Waals surface area contributed by atoms with Crippen molar-refractivity contribution in [1.82, 2.24) is 0 Å². The van der Waals surface area contributed by atoms with Crippen molar-refractivity contribution < 1.29 is 13.2 Å². The number of halogens is 1. The van der Waals surface area contributed by atoms with Crippen LogP contribution in [0.2, 0.25) is 0 Å². The lowest BCUT2D eigenvalue weighted by molar-refractivity contribution is 0.575. The molecule has 0 radical (unpaired) electrons. The van der Waals surface area contributed by atoms with Gasteiger partial charge in [0, 0.05) is 5.39 Å².